The fraction of sp³-hybridized carbons (Fsp3) is 0.276. The Bertz CT molecular complexity index is 1560. The Morgan fingerprint density at radius 2 is 1.95 bits per heavy atom. The molecule has 0 atom stereocenters. The van der Waals surface area contributed by atoms with Crippen LogP contribution in [0.15, 0.2) is 73.3 Å². The number of anilines is 2. The van der Waals surface area contributed by atoms with Crippen molar-refractivity contribution in [3.63, 3.8) is 0 Å². The lowest BCUT2D eigenvalue weighted by molar-refractivity contribution is 0.0526. The summed E-state index contributed by atoms with van der Waals surface area (Å²) in [6.07, 6.45) is 8.10. The maximum absolute atomic E-state index is 12.6. The summed E-state index contributed by atoms with van der Waals surface area (Å²) in [5, 5.41) is 8.13. The first-order valence-corrected chi connectivity index (χ1v) is 12.9. The summed E-state index contributed by atoms with van der Waals surface area (Å²) < 4.78 is 9.60. The van der Waals surface area contributed by atoms with Crippen molar-refractivity contribution in [2.45, 2.75) is 26.3 Å². The SMILES string of the molecule is CCOC(=O)c1ccccc1-n1ccc2ncnc(Nc3ccc4c(ccn4CC4CCNCC4)c3)c21. The highest BCUT2D eigenvalue weighted by Crippen LogP contribution is 2.30. The van der Waals surface area contributed by atoms with E-state index < -0.39 is 0 Å². The zero-order valence-electron chi connectivity index (χ0n) is 20.9. The van der Waals surface area contributed by atoms with Crippen LogP contribution in [0.25, 0.3) is 27.6 Å². The Balaban J connectivity index is 1.33. The fourth-order valence-electron chi connectivity index (χ4n) is 5.25. The number of ether oxygens (including phenoxy) is 1. The number of rotatable bonds is 7. The van der Waals surface area contributed by atoms with Crippen LogP contribution in [0.3, 0.4) is 0 Å². The average Bonchev–Trinajstić information content (AvgIpc) is 3.54. The molecule has 0 radical (unpaired) electrons. The molecule has 0 spiro atoms. The zero-order chi connectivity index (χ0) is 25.2. The predicted octanol–water partition coefficient (Wildman–Crippen LogP) is 5.30. The molecular weight excluding hydrogens is 464 g/mol. The summed E-state index contributed by atoms with van der Waals surface area (Å²) in [5.41, 5.74) is 4.97. The number of hydrogen-bond acceptors (Lipinski definition) is 6. The summed E-state index contributed by atoms with van der Waals surface area (Å²) in [6.45, 7) is 5.39. The van der Waals surface area contributed by atoms with Crippen molar-refractivity contribution in [1.82, 2.24) is 24.4 Å². The maximum atomic E-state index is 12.6. The van der Waals surface area contributed by atoms with Gasteiger partial charge in [-0.25, -0.2) is 14.8 Å². The van der Waals surface area contributed by atoms with Gasteiger partial charge in [0.05, 0.1) is 23.4 Å². The molecule has 188 valence electrons. The Labute approximate surface area is 215 Å². The molecule has 4 heterocycles. The third-order valence-electron chi connectivity index (χ3n) is 7.08. The number of hydrogen-bond donors (Lipinski definition) is 2. The molecule has 0 bridgehead atoms. The van der Waals surface area contributed by atoms with Crippen LogP contribution in [0.4, 0.5) is 11.5 Å². The number of carbonyl (C=O) groups excluding carboxylic acids is 1. The molecule has 6 rings (SSSR count). The van der Waals surface area contributed by atoms with Gasteiger partial charge in [-0.1, -0.05) is 12.1 Å². The third-order valence-corrected chi connectivity index (χ3v) is 7.08. The number of nitrogens with zero attached hydrogens (tertiary/aromatic N) is 4. The topological polar surface area (TPSA) is 86.0 Å². The quantitative estimate of drug-likeness (QED) is 0.299. The lowest BCUT2D eigenvalue weighted by Crippen LogP contribution is -2.29. The maximum Gasteiger partial charge on any atom is 0.340 e. The first kappa shape index (κ1) is 23.2. The Kier molecular flexibility index (Phi) is 6.32. The fourth-order valence-corrected chi connectivity index (χ4v) is 5.25. The van der Waals surface area contributed by atoms with Crippen molar-refractivity contribution in [3.05, 3.63) is 78.9 Å². The van der Waals surface area contributed by atoms with Gasteiger partial charge in [-0.3, -0.25) is 0 Å². The number of esters is 1. The van der Waals surface area contributed by atoms with Gasteiger partial charge in [0.2, 0.25) is 0 Å². The molecule has 0 amide bonds. The van der Waals surface area contributed by atoms with Crippen molar-refractivity contribution in [2.24, 2.45) is 5.92 Å². The molecule has 8 heteroatoms. The molecule has 1 aliphatic rings. The van der Waals surface area contributed by atoms with Gasteiger partial charge in [-0.05, 0) is 81.2 Å². The highest BCUT2D eigenvalue weighted by atomic mass is 16.5. The van der Waals surface area contributed by atoms with Gasteiger partial charge >= 0.3 is 5.97 Å². The van der Waals surface area contributed by atoms with Gasteiger partial charge in [0, 0.05) is 35.5 Å². The van der Waals surface area contributed by atoms with Gasteiger partial charge < -0.3 is 24.5 Å². The van der Waals surface area contributed by atoms with E-state index in [1.807, 2.05) is 35.0 Å². The third kappa shape index (κ3) is 4.56. The van der Waals surface area contributed by atoms with Crippen LogP contribution < -0.4 is 10.6 Å². The van der Waals surface area contributed by atoms with Crippen molar-refractivity contribution < 1.29 is 9.53 Å². The molecule has 0 unspecified atom stereocenters. The van der Waals surface area contributed by atoms with E-state index in [0.29, 0.717) is 23.9 Å². The molecule has 8 nitrogen and oxygen atoms in total. The molecule has 1 saturated heterocycles. The number of para-hydroxylation sites is 1. The molecule has 1 fully saturated rings. The normalized spacial score (nSPS) is 14.3. The first-order chi connectivity index (χ1) is 18.2. The Morgan fingerprint density at radius 3 is 2.81 bits per heavy atom. The van der Waals surface area contributed by atoms with Crippen LogP contribution in [0, 0.1) is 5.92 Å². The lowest BCUT2D eigenvalue weighted by Gasteiger charge is -2.23. The second-order valence-corrected chi connectivity index (χ2v) is 9.44. The van der Waals surface area contributed by atoms with Crippen LogP contribution in [0.1, 0.15) is 30.1 Å². The smallest absolute Gasteiger partial charge is 0.340 e. The molecule has 37 heavy (non-hydrogen) atoms. The van der Waals surface area contributed by atoms with Crippen LogP contribution in [-0.2, 0) is 11.3 Å². The highest BCUT2D eigenvalue weighted by molar-refractivity contribution is 5.96. The minimum Gasteiger partial charge on any atom is -0.462 e. The van der Waals surface area contributed by atoms with E-state index in [1.54, 1.807) is 19.3 Å². The van der Waals surface area contributed by atoms with Crippen molar-refractivity contribution in [3.8, 4) is 5.69 Å². The van der Waals surface area contributed by atoms with Gasteiger partial charge in [0.25, 0.3) is 0 Å². The monoisotopic (exact) mass is 494 g/mol. The number of nitrogens with one attached hydrogen (secondary N) is 2. The molecular formula is C29H30N6O2. The second kappa shape index (κ2) is 10.1. The number of aromatic nitrogens is 4. The van der Waals surface area contributed by atoms with Crippen LogP contribution in [-0.4, -0.2) is 44.8 Å². The van der Waals surface area contributed by atoms with Crippen LogP contribution in [0.2, 0.25) is 0 Å². The molecule has 0 saturated carbocycles. The Hall–Kier alpha value is -4.17. The van der Waals surface area contributed by atoms with Gasteiger partial charge in [0.1, 0.15) is 11.8 Å². The number of carbonyl (C=O) groups is 1. The van der Waals surface area contributed by atoms with Crippen LogP contribution >= 0.6 is 0 Å². The summed E-state index contributed by atoms with van der Waals surface area (Å²) in [5.74, 6) is 1.03. The minimum atomic E-state index is -0.356. The minimum absolute atomic E-state index is 0.317. The average molecular weight is 495 g/mol. The van der Waals surface area contributed by atoms with Crippen LogP contribution in [0.5, 0.6) is 0 Å². The largest absolute Gasteiger partial charge is 0.462 e. The van der Waals surface area contributed by atoms with Crippen molar-refractivity contribution in [2.75, 3.05) is 25.0 Å². The highest BCUT2D eigenvalue weighted by Gasteiger charge is 2.18. The number of fused-ring (bicyclic) bond motifs is 2. The zero-order valence-corrected chi connectivity index (χ0v) is 20.9. The molecule has 1 aliphatic heterocycles. The predicted molar refractivity (Wildman–Crippen MR) is 146 cm³/mol. The van der Waals surface area contributed by atoms with E-state index in [4.69, 9.17) is 4.74 Å². The van der Waals surface area contributed by atoms with Crippen molar-refractivity contribution in [1.29, 1.82) is 0 Å². The summed E-state index contributed by atoms with van der Waals surface area (Å²) in [7, 11) is 0. The molecule has 0 aliphatic carbocycles. The second-order valence-electron chi connectivity index (χ2n) is 9.44. The van der Waals surface area contributed by atoms with E-state index in [0.717, 1.165) is 42.0 Å². The Morgan fingerprint density at radius 1 is 1.08 bits per heavy atom. The van der Waals surface area contributed by atoms with E-state index >= 15 is 0 Å². The van der Waals surface area contributed by atoms with Gasteiger partial charge in [-0.15, -0.1) is 0 Å². The molecule has 3 aromatic heterocycles. The van der Waals surface area contributed by atoms with E-state index in [1.165, 1.54) is 23.7 Å². The summed E-state index contributed by atoms with van der Waals surface area (Å²) in [4.78, 5) is 21.7. The van der Waals surface area contributed by atoms with E-state index in [-0.39, 0.29) is 5.97 Å². The summed E-state index contributed by atoms with van der Waals surface area (Å²) in [6, 6.07) is 17.9. The number of piperidine rings is 1. The lowest BCUT2D eigenvalue weighted by atomic mass is 9.98. The van der Waals surface area contributed by atoms with Crippen molar-refractivity contribution >= 4 is 39.4 Å². The first-order valence-electron chi connectivity index (χ1n) is 12.9. The standard InChI is InChI=1S/C29H30N6O2/c1-2-37-29(36)23-5-3-4-6-26(23)35-16-12-24-27(35)28(32-19-31-24)33-22-7-8-25-21(17-22)11-15-34(25)18-20-9-13-30-14-10-20/h3-8,11-12,15-17,19-20,30H,2,9-10,13-14,18H2,1H3,(H,31,32,33). The molecule has 2 N–H and O–H groups in total. The van der Waals surface area contributed by atoms with Gasteiger partial charge in [-0.2, -0.15) is 0 Å². The number of benzene rings is 2. The molecule has 5 aromatic rings. The van der Waals surface area contributed by atoms with E-state index in [9.17, 15) is 4.79 Å². The van der Waals surface area contributed by atoms with E-state index in [2.05, 4.69) is 55.6 Å². The molecule has 2 aromatic carbocycles. The van der Waals surface area contributed by atoms with Gasteiger partial charge in [0.15, 0.2) is 5.82 Å². The summed E-state index contributed by atoms with van der Waals surface area (Å²) >= 11 is 0.